The Hall–Kier alpha value is -1.56. The van der Waals surface area contributed by atoms with Crippen molar-refractivity contribution in [2.75, 3.05) is 6.61 Å². The second kappa shape index (κ2) is 4.52. The molecule has 2 atom stereocenters. The standard InChI is InChI=1S/C11H12N2O3/c14-6-10(15)11(16)9-5-12-7-3-1-2-4-8(7)13-9/h1-5,10-11,14-16H,6H2. The van der Waals surface area contributed by atoms with Gasteiger partial charge in [0.15, 0.2) is 0 Å². The fourth-order valence-corrected chi connectivity index (χ4v) is 1.41. The molecule has 0 aliphatic rings. The van der Waals surface area contributed by atoms with Gasteiger partial charge in [-0.2, -0.15) is 0 Å². The minimum Gasteiger partial charge on any atom is -0.394 e. The maximum atomic E-state index is 9.64. The van der Waals surface area contributed by atoms with Crippen LogP contribution in [0.2, 0.25) is 0 Å². The normalized spacial score (nSPS) is 14.9. The molecule has 3 N–H and O–H groups in total. The molecule has 2 rings (SSSR count). The Morgan fingerprint density at radius 1 is 1.12 bits per heavy atom. The van der Waals surface area contributed by atoms with E-state index in [4.69, 9.17) is 5.11 Å². The van der Waals surface area contributed by atoms with Gasteiger partial charge in [-0.1, -0.05) is 12.1 Å². The molecule has 1 aromatic heterocycles. The van der Waals surface area contributed by atoms with E-state index in [-0.39, 0.29) is 5.69 Å². The lowest BCUT2D eigenvalue weighted by atomic mass is 10.1. The molecule has 0 aliphatic carbocycles. The molecule has 0 saturated heterocycles. The summed E-state index contributed by atoms with van der Waals surface area (Å²) in [6, 6.07) is 7.23. The van der Waals surface area contributed by atoms with Crippen LogP contribution in [-0.4, -0.2) is 38.0 Å². The minimum atomic E-state index is -1.24. The zero-order chi connectivity index (χ0) is 11.5. The average Bonchev–Trinajstić information content (AvgIpc) is 2.36. The first-order valence-electron chi connectivity index (χ1n) is 4.91. The van der Waals surface area contributed by atoms with Gasteiger partial charge in [-0.3, -0.25) is 4.98 Å². The molecule has 84 valence electrons. The van der Waals surface area contributed by atoms with Crippen molar-refractivity contribution in [1.82, 2.24) is 9.97 Å². The summed E-state index contributed by atoms with van der Waals surface area (Å²) in [5.74, 6) is 0. The van der Waals surface area contributed by atoms with E-state index in [9.17, 15) is 10.2 Å². The molecule has 5 nitrogen and oxygen atoms in total. The predicted octanol–water partition coefficient (Wildman–Crippen LogP) is 0.0164. The molecular formula is C11H12N2O3. The van der Waals surface area contributed by atoms with Gasteiger partial charge in [0.25, 0.3) is 0 Å². The summed E-state index contributed by atoms with van der Waals surface area (Å²) >= 11 is 0. The molecule has 1 heterocycles. The van der Waals surface area contributed by atoms with Gasteiger partial charge in [-0.25, -0.2) is 4.98 Å². The van der Waals surface area contributed by atoms with Crippen LogP contribution in [-0.2, 0) is 0 Å². The van der Waals surface area contributed by atoms with Gasteiger partial charge in [0, 0.05) is 0 Å². The lowest BCUT2D eigenvalue weighted by Gasteiger charge is -2.14. The van der Waals surface area contributed by atoms with Crippen LogP contribution in [0.4, 0.5) is 0 Å². The highest BCUT2D eigenvalue weighted by Crippen LogP contribution is 2.16. The lowest BCUT2D eigenvalue weighted by molar-refractivity contribution is -0.0172. The Balaban J connectivity index is 2.39. The van der Waals surface area contributed by atoms with Crippen LogP contribution in [0.15, 0.2) is 30.5 Å². The number of nitrogens with zero attached hydrogens (tertiary/aromatic N) is 2. The molecule has 16 heavy (non-hydrogen) atoms. The van der Waals surface area contributed by atoms with E-state index in [1.165, 1.54) is 6.20 Å². The Labute approximate surface area is 92.0 Å². The first-order chi connectivity index (χ1) is 7.72. The largest absolute Gasteiger partial charge is 0.394 e. The van der Waals surface area contributed by atoms with Crippen LogP contribution in [0, 0.1) is 0 Å². The minimum absolute atomic E-state index is 0.250. The zero-order valence-electron chi connectivity index (χ0n) is 8.48. The highest BCUT2D eigenvalue weighted by molar-refractivity contribution is 5.73. The van der Waals surface area contributed by atoms with E-state index < -0.39 is 18.8 Å². The number of hydrogen-bond donors (Lipinski definition) is 3. The van der Waals surface area contributed by atoms with Gasteiger partial charge in [0.1, 0.15) is 12.2 Å². The van der Waals surface area contributed by atoms with Crippen molar-refractivity contribution in [2.24, 2.45) is 0 Å². The molecule has 0 radical (unpaired) electrons. The second-order valence-corrected chi connectivity index (χ2v) is 3.48. The van der Waals surface area contributed by atoms with Crippen molar-refractivity contribution in [3.05, 3.63) is 36.2 Å². The first kappa shape index (κ1) is 10.9. The number of para-hydroxylation sites is 2. The summed E-state index contributed by atoms with van der Waals surface area (Å²) in [5.41, 5.74) is 1.61. The summed E-state index contributed by atoms with van der Waals surface area (Å²) in [7, 11) is 0. The van der Waals surface area contributed by atoms with Crippen molar-refractivity contribution in [3.8, 4) is 0 Å². The highest BCUT2D eigenvalue weighted by Gasteiger charge is 2.19. The molecule has 0 amide bonds. The van der Waals surface area contributed by atoms with Gasteiger partial charge in [0.05, 0.1) is 29.5 Å². The van der Waals surface area contributed by atoms with Gasteiger partial charge in [0.2, 0.25) is 0 Å². The van der Waals surface area contributed by atoms with E-state index >= 15 is 0 Å². The summed E-state index contributed by atoms with van der Waals surface area (Å²) in [5, 5.41) is 27.6. The molecule has 1 aromatic carbocycles. The lowest BCUT2D eigenvalue weighted by Crippen LogP contribution is -2.23. The monoisotopic (exact) mass is 220 g/mol. The Morgan fingerprint density at radius 2 is 1.81 bits per heavy atom. The maximum absolute atomic E-state index is 9.64. The topological polar surface area (TPSA) is 86.5 Å². The van der Waals surface area contributed by atoms with Gasteiger partial charge in [-0.05, 0) is 12.1 Å². The number of fused-ring (bicyclic) bond motifs is 1. The second-order valence-electron chi connectivity index (χ2n) is 3.48. The van der Waals surface area contributed by atoms with Crippen LogP contribution in [0.5, 0.6) is 0 Å². The Kier molecular flexibility index (Phi) is 3.09. The van der Waals surface area contributed by atoms with Crippen molar-refractivity contribution in [1.29, 1.82) is 0 Å². The number of aliphatic hydroxyl groups excluding tert-OH is 3. The molecule has 0 bridgehead atoms. The fourth-order valence-electron chi connectivity index (χ4n) is 1.41. The van der Waals surface area contributed by atoms with Crippen LogP contribution in [0.1, 0.15) is 11.8 Å². The summed E-state index contributed by atoms with van der Waals surface area (Å²) in [6.07, 6.45) is -1.07. The molecule has 0 aliphatic heterocycles. The molecular weight excluding hydrogens is 208 g/mol. The van der Waals surface area contributed by atoms with Gasteiger partial charge < -0.3 is 15.3 Å². The summed E-state index contributed by atoms with van der Waals surface area (Å²) in [4.78, 5) is 8.26. The van der Waals surface area contributed by atoms with Gasteiger partial charge in [-0.15, -0.1) is 0 Å². The molecule has 0 spiro atoms. The quantitative estimate of drug-likeness (QED) is 0.678. The van der Waals surface area contributed by atoms with Crippen LogP contribution < -0.4 is 0 Å². The summed E-state index contributed by atoms with van der Waals surface area (Å²) in [6.45, 7) is -0.518. The molecule has 5 heteroatoms. The van der Waals surface area contributed by atoms with Crippen molar-refractivity contribution in [2.45, 2.75) is 12.2 Å². The zero-order valence-corrected chi connectivity index (χ0v) is 8.48. The fraction of sp³-hybridized carbons (Fsp3) is 0.273. The molecule has 2 aromatic rings. The van der Waals surface area contributed by atoms with E-state index in [0.717, 1.165) is 5.52 Å². The van der Waals surface area contributed by atoms with Crippen molar-refractivity contribution >= 4 is 11.0 Å². The van der Waals surface area contributed by atoms with E-state index in [2.05, 4.69) is 9.97 Å². The third-order valence-electron chi connectivity index (χ3n) is 2.32. The maximum Gasteiger partial charge on any atom is 0.126 e. The third kappa shape index (κ3) is 2.01. The van der Waals surface area contributed by atoms with E-state index in [1.54, 1.807) is 12.1 Å². The number of rotatable bonds is 3. The Bertz CT molecular complexity index is 489. The van der Waals surface area contributed by atoms with Crippen LogP contribution in [0.25, 0.3) is 11.0 Å². The number of hydrogen-bond acceptors (Lipinski definition) is 5. The van der Waals surface area contributed by atoms with Crippen molar-refractivity contribution < 1.29 is 15.3 Å². The first-order valence-corrected chi connectivity index (χ1v) is 4.91. The SMILES string of the molecule is OCC(O)C(O)c1cnc2ccccc2n1. The molecule has 0 fully saturated rings. The van der Waals surface area contributed by atoms with Crippen LogP contribution >= 0.6 is 0 Å². The molecule has 0 saturated carbocycles. The molecule has 2 unspecified atom stereocenters. The van der Waals surface area contributed by atoms with Gasteiger partial charge >= 0.3 is 0 Å². The van der Waals surface area contributed by atoms with E-state index in [1.807, 2.05) is 12.1 Å². The Morgan fingerprint density at radius 3 is 2.50 bits per heavy atom. The summed E-state index contributed by atoms with van der Waals surface area (Å²) < 4.78 is 0. The van der Waals surface area contributed by atoms with Crippen LogP contribution in [0.3, 0.4) is 0 Å². The highest BCUT2D eigenvalue weighted by atomic mass is 16.4. The number of aliphatic hydroxyl groups is 3. The predicted molar refractivity (Wildman–Crippen MR) is 57.6 cm³/mol. The third-order valence-corrected chi connectivity index (χ3v) is 2.32. The number of aromatic nitrogens is 2. The average molecular weight is 220 g/mol. The van der Waals surface area contributed by atoms with Crippen molar-refractivity contribution in [3.63, 3.8) is 0 Å². The van der Waals surface area contributed by atoms with E-state index in [0.29, 0.717) is 5.52 Å². The smallest absolute Gasteiger partial charge is 0.126 e. The number of benzene rings is 1.